The minimum absolute atomic E-state index is 0.0799. The number of rotatable bonds is 5. The van der Waals surface area contributed by atoms with Crippen molar-refractivity contribution in [1.29, 1.82) is 0 Å². The lowest BCUT2D eigenvalue weighted by Crippen LogP contribution is -2.42. The van der Waals surface area contributed by atoms with Gasteiger partial charge in [0.25, 0.3) is 0 Å². The zero-order chi connectivity index (χ0) is 20.8. The van der Waals surface area contributed by atoms with E-state index in [1.165, 1.54) is 11.3 Å². The molecule has 6 heteroatoms. The maximum Gasteiger partial charge on any atom is 0.234 e. The fourth-order valence-electron chi connectivity index (χ4n) is 6.01. The molecule has 1 aliphatic heterocycles. The molecule has 1 saturated heterocycles. The molecule has 1 aromatic carbocycles. The molecule has 3 fully saturated rings. The Morgan fingerprint density at radius 3 is 2.37 bits per heavy atom. The first-order valence-electron chi connectivity index (χ1n) is 11.1. The van der Waals surface area contributed by atoms with Crippen molar-refractivity contribution < 1.29 is 14.4 Å². The highest BCUT2D eigenvalue weighted by Crippen LogP contribution is 2.54. The molecule has 3 amide bonds. The second-order valence-electron chi connectivity index (χ2n) is 9.22. The summed E-state index contributed by atoms with van der Waals surface area (Å²) in [5.74, 6) is -0.596. The number of nitrogens with one attached hydrogen (secondary N) is 1. The predicted molar refractivity (Wildman–Crippen MR) is 113 cm³/mol. The Morgan fingerprint density at radius 1 is 1.07 bits per heavy atom. The second kappa shape index (κ2) is 7.84. The Morgan fingerprint density at radius 2 is 1.73 bits per heavy atom. The first-order chi connectivity index (χ1) is 14.5. The molecule has 1 aromatic rings. The van der Waals surface area contributed by atoms with Gasteiger partial charge in [-0.1, -0.05) is 55.1 Å². The maximum atomic E-state index is 13.4. The summed E-state index contributed by atoms with van der Waals surface area (Å²) in [5.41, 5.74) is 0.739. The van der Waals surface area contributed by atoms with Gasteiger partial charge in [-0.2, -0.15) is 0 Å². The molecular formula is C24H27ClN2O3. The van der Waals surface area contributed by atoms with Crippen LogP contribution in [0.5, 0.6) is 0 Å². The van der Waals surface area contributed by atoms with Gasteiger partial charge < -0.3 is 5.32 Å². The van der Waals surface area contributed by atoms with Gasteiger partial charge in [-0.3, -0.25) is 19.3 Å². The number of hydrogen-bond acceptors (Lipinski definition) is 3. The van der Waals surface area contributed by atoms with Gasteiger partial charge >= 0.3 is 0 Å². The quantitative estimate of drug-likeness (QED) is 0.571. The topological polar surface area (TPSA) is 66.5 Å². The Balaban J connectivity index is 1.41. The minimum Gasteiger partial charge on any atom is -0.353 e. The van der Waals surface area contributed by atoms with Crippen molar-refractivity contribution in [2.75, 3.05) is 0 Å². The zero-order valence-corrected chi connectivity index (χ0v) is 17.7. The lowest BCUT2D eigenvalue weighted by Gasteiger charge is -2.29. The zero-order valence-electron chi connectivity index (χ0n) is 16.9. The molecule has 5 unspecified atom stereocenters. The number of imide groups is 1. The summed E-state index contributed by atoms with van der Waals surface area (Å²) in [4.78, 5) is 41.0. The van der Waals surface area contributed by atoms with Crippen LogP contribution in [-0.4, -0.2) is 28.7 Å². The first-order valence-corrected chi connectivity index (χ1v) is 11.5. The number of likely N-dealkylation sites (tertiary alicyclic amines) is 1. The molecule has 5 rings (SSSR count). The number of amides is 3. The summed E-state index contributed by atoms with van der Waals surface area (Å²) >= 11 is 6.21. The van der Waals surface area contributed by atoms with Crippen molar-refractivity contribution in [3.63, 3.8) is 0 Å². The van der Waals surface area contributed by atoms with Gasteiger partial charge in [0, 0.05) is 11.1 Å². The Hall–Kier alpha value is -2.14. The minimum atomic E-state index is -0.614. The predicted octanol–water partition coefficient (Wildman–Crippen LogP) is 4.03. The average molecular weight is 427 g/mol. The molecule has 2 bridgehead atoms. The number of carbonyl (C=O) groups is 3. The molecular weight excluding hydrogens is 400 g/mol. The van der Waals surface area contributed by atoms with Crippen LogP contribution in [0, 0.1) is 23.7 Å². The van der Waals surface area contributed by atoms with E-state index in [1.807, 2.05) is 6.07 Å². The maximum absolute atomic E-state index is 13.4. The summed E-state index contributed by atoms with van der Waals surface area (Å²) in [7, 11) is 0. The smallest absolute Gasteiger partial charge is 0.234 e. The number of halogens is 1. The third kappa shape index (κ3) is 3.37. The van der Waals surface area contributed by atoms with Gasteiger partial charge in [0.2, 0.25) is 17.7 Å². The molecule has 5 nitrogen and oxygen atoms in total. The Kier molecular flexibility index (Phi) is 5.18. The normalized spacial score (nSPS) is 31.3. The van der Waals surface area contributed by atoms with Crippen LogP contribution in [0.2, 0.25) is 5.02 Å². The number of nitrogens with zero attached hydrogens (tertiary/aromatic N) is 1. The van der Waals surface area contributed by atoms with Gasteiger partial charge in [-0.25, -0.2) is 0 Å². The summed E-state index contributed by atoms with van der Waals surface area (Å²) in [6.07, 6.45) is 10.6. The van der Waals surface area contributed by atoms with Crippen LogP contribution in [0.4, 0.5) is 0 Å². The van der Waals surface area contributed by atoms with E-state index in [-0.39, 0.29) is 53.9 Å². The molecule has 158 valence electrons. The second-order valence-corrected chi connectivity index (χ2v) is 9.66. The van der Waals surface area contributed by atoms with Gasteiger partial charge in [-0.05, 0) is 48.8 Å². The highest BCUT2D eigenvalue weighted by atomic mass is 35.5. The van der Waals surface area contributed by atoms with E-state index in [1.54, 1.807) is 18.2 Å². The Bertz CT molecular complexity index is 877. The average Bonchev–Trinajstić information content (AvgIpc) is 3.41. The van der Waals surface area contributed by atoms with Gasteiger partial charge in [0.05, 0.1) is 24.3 Å². The third-order valence-electron chi connectivity index (χ3n) is 7.40. The number of benzene rings is 1. The monoisotopic (exact) mass is 426 g/mol. The number of fused-ring (bicyclic) bond motifs is 5. The molecule has 1 heterocycles. The van der Waals surface area contributed by atoms with E-state index in [0.717, 1.165) is 37.7 Å². The van der Waals surface area contributed by atoms with Gasteiger partial charge in [0.15, 0.2) is 0 Å². The van der Waals surface area contributed by atoms with E-state index in [2.05, 4.69) is 17.5 Å². The largest absolute Gasteiger partial charge is 0.353 e. The van der Waals surface area contributed by atoms with E-state index < -0.39 is 6.04 Å². The fraction of sp³-hybridized carbons (Fsp3) is 0.542. The number of hydrogen-bond donors (Lipinski definition) is 1. The molecule has 1 N–H and O–H groups in total. The van der Waals surface area contributed by atoms with Gasteiger partial charge in [0.1, 0.15) is 0 Å². The van der Waals surface area contributed by atoms with Crippen molar-refractivity contribution in [3.05, 3.63) is 47.0 Å². The third-order valence-corrected chi connectivity index (χ3v) is 7.63. The molecule has 0 radical (unpaired) electrons. The lowest BCUT2D eigenvalue weighted by atomic mass is 9.85. The summed E-state index contributed by atoms with van der Waals surface area (Å²) in [6.45, 7) is 0. The van der Waals surface area contributed by atoms with E-state index in [0.29, 0.717) is 5.02 Å². The van der Waals surface area contributed by atoms with Crippen LogP contribution >= 0.6 is 11.6 Å². The van der Waals surface area contributed by atoms with Crippen LogP contribution < -0.4 is 5.32 Å². The molecule has 30 heavy (non-hydrogen) atoms. The molecule has 2 saturated carbocycles. The highest BCUT2D eigenvalue weighted by molar-refractivity contribution is 6.30. The van der Waals surface area contributed by atoms with Crippen molar-refractivity contribution in [3.8, 4) is 0 Å². The number of allylic oxidation sites excluding steroid dienone is 2. The summed E-state index contributed by atoms with van der Waals surface area (Å²) in [5, 5.41) is 3.67. The molecule has 0 aromatic heterocycles. The van der Waals surface area contributed by atoms with Crippen LogP contribution in [0.3, 0.4) is 0 Å². The SMILES string of the molecule is O=C(CC(c1cccc(Cl)c1)N1C(=O)C2C3C=CC(C3)C2C1=O)NC1CCCCC1. The summed E-state index contributed by atoms with van der Waals surface area (Å²) in [6, 6.07) is 6.76. The van der Waals surface area contributed by atoms with Crippen molar-refractivity contribution >= 4 is 29.3 Å². The van der Waals surface area contributed by atoms with E-state index in [4.69, 9.17) is 11.6 Å². The van der Waals surface area contributed by atoms with Crippen molar-refractivity contribution in [2.24, 2.45) is 23.7 Å². The van der Waals surface area contributed by atoms with Gasteiger partial charge in [-0.15, -0.1) is 0 Å². The molecule has 5 atom stereocenters. The summed E-state index contributed by atoms with van der Waals surface area (Å²) < 4.78 is 0. The van der Waals surface area contributed by atoms with E-state index in [9.17, 15) is 14.4 Å². The fourth-order valence-corrected chi connectivity index (χ4v) is 6.21. The van der Waals surface area contributed by atoms with Crippen LogP contribution in [-0.2, 0) is 14.4 Å². The highest BCUT2D eigenvalue weighted by Gasteiger charge is 2.60. The van der Waals surface area contributed by atoms with Crippen molar-refractivity contribution in [2.45, 2.75) is 57.0 Å². The van der Waals surface area contributed by atoms with Crippen LogP contribution in [0.1, 0.15) is 56.6 Å². The molecule has 0 spiro atoms. The first kappa shape index (κ1) is 19.8. The molecule has 3 aliphatic carbocycles. The molecule has 4 aliphatic rings. The standard InChI is InChI=1S/C24H27ClN2O3/c25-17-6-4-5-14(12-17)19(13-20(28)26-18-7-2-1-3-8-18)27-23(29)21-15-9-10-16(11-15)22(21)24(27)30/h4-6,9-10,12,15-16,18-19,21-22H,1-3,7-8,11,13H2,(H,26,28). The Labute approximate surface area is 181 Å². The van der Waals surface area contributed by atoms with Crippen molar-refractivity contribution in [1.82, 2.24) is 10.2 Å². The van der Waals surface area contributed by atoms with Crippen LogP contribution in [0.25, 0.3) is 0 Å². The lowest BCUT2D eigenvalue weighted by molar-refractivity contribution is -0.144. The van der Waals surface area contributed by atoms with Crippen LogP contribution in [0.15, 0.2) is 36.4 Å². The van der Waals surface area contributed by atoms with E-state index >= 15 is 0 Å². The number of carbonyl (C=O) groups excluding carboxylic acids is 3.